The van der Waals surface area contributed by atoms with Gasteiger partial charge in [-0.3, -0.25) is 0 Å². The minimum absolute atomic E-state index is 0.125. The molecule has 7 nitrogen and oxygen atoms in total. The zero-order valence-corrected chi connectivity index (χ0v) is 15.0. The van der Waals surface area contributed by atoms with Crippen molar-refractivity contribution >= 4 is 26.0 Å². The van der Waals surface area contributed by atoms with E-state index in [1.807, 2.05) is 0 Å². The van der Waals surface area contributed by atoms with E-state index >= 15 is 0 Å². The highest BCUT2D eigenvalue weighted by Crippen LogP contribution is 2.26. The maximum absolute atomic E-state index is 12.7. The Morgan fingerprint density at radius 1 is 1.48 bits per heavy atom. The molecule has 0 spiro atoms. The largest absolute Gasteiger partial charge is 0.314 e. The SMILES string of the molecule is CC(C)NCC1CCCN(S(=O)(=O)c2c(Br)nnn2C)C1. The molecule has 1 aliphatic heterocycles. The van der Waals surface area contributed by atoms with E-state index in [0.29, 0.717) is 25.0 Å². The van der Waals surface area contributed by atoms with Gasteiger partial charge >= 0.3 is 0 Å². The summed E-state index contributed by atoms with van der Waals surface area (Å²) in [4.78, 5) is 0. The highest BCUT2D eigenvalue weighted by atomic mass is 79.9. The predicted molar refractivity (Wildman–Crippen MR) is 83.3 cm³/mol. The van der Waals surface area contributed by atoms with E-state index in [9.17, 15) is 8.42 Å². The maximum Gasteiger partial charge on any atom is 0.263 e. The van der Waals surface area contributed by atoms with Crippen LogP contribution in [0.3, 0.4) is 0 Å². The lowest BCUT2D eigenvalue weighted by Crippen LogP contribution is -2.44. The highest BCUT2D eigenvalue weighted by Gasteiger charge is 2.34. The van der Waals surface area contributed by atoms with Gasteiger partial charge in [-0.05, 0) is 41.2 Å². The van der Waals surface area contributed by atoms with Gasteiger partial charge in [0.25, 0.3) is 10.0 Å². The van der Waals surface area contributed by atoms with Crippen LogP contribution < -0.4 is 5.32 Å². The van der Waals surface area contributed by atoms with Gasteiger partial charge in [-0.2, -0.15) is 4.31 Å². The Bertz CT molecular complexity index is 567. The number of hydrogen-bond acceptors (Lipinski definition) is 5. The topological polar surface area (TPSA) is 80.1 Å². The van der Waals surface area contributed by atoms with Gasteiger partial charge in [-0.1, -0.05) is 19.1 Å². The Kier molecular flexibility index (Phi) is 5.39. The van der Waals surface area contributed by atoms with Gasteiger partial charge in [0.1, 0.15) is 0 Å². The van der Waals surface area contributed by atoms with E-state index in [1.165, 1.54) is 4.68 Å². The molecule has 0 radical (unpaired) electrons. The zero-order valence-electron chi connectivity index (χ0n) is 12.6. The van der Waals surface area contributed by atoms with Crippen molar-refractivity contribution in [1.29, 1.82) is 0 Å². The van der Waals surface area contributed by atoms with Gasteiger partial charge in [-0.15, -0.1) is 5.10 Å². The lowest BCUT2D eigenvalue weighted by atomic mass is 9.99. The van der Waals surface area contributed by atoms with Crippen molar-refractivity contribution in [2.75, 3.05) is 19.6 Å². The highest BCUT2D eigenvalue weighted by molar-refractivity contribution is 9.10. The van der Waals surface area contributed by atoms with Gasteiger partial charge < -0.3 is 5.32 Å². The van der Waals surface area contributed by atoms with E-state index in [2.05, 4.69) is 45.4 Å². The normalized spacial score (nSPS) is 21.1. The summed E-state index contributed by atoms with van der Waals surface area (Å²) in [5, 5.41) is 11.0. The number of halogens is 1. The monoisotopic (exact) mass is 379 g/mol. The van der Waals surface area contributed by atoms with Crippen LogP contribution in [0.2, 0.25) is 0 Å². The van der Waals surface area contributed by atoms with Crippen LogP contribution in [-0.2, 0) is 17.1 Å². The third-order valence-electron chi connectivity index (χ3n) is 3.62. The van der Waals surface area contributed by atoms with Gasteiger partial charge in [0, 0.05) is 26.2 Å². The third kappa shape index (κ3) is 3.82. The number of aryl methyl sites for hydroxylation is 1. The molecule has 0 amide bonds. The standard InChI is InChI=1S/C12H22BrN5O2S/c1-9(2)14-7-10-5-4-6-18(8-10)21(19,20)12-11(13)15-16-17(12)3/h9-10,14H,4-8H2,1-3H3. The lowest BCUT2D eigenvalue weighted by molar-refractivity contribution is 0.255. The van der Waals surface area contributed by atoms with Crippen molar-refractivity contribution in [2.24, 2.45) is 13.0 Å². The van der Waals surface area contributed by atoms with Gasteiger partial charge in [0.05, 0.1) is 0 Å². The summed E-state index contributed by atoms with van der Waals surface area (Å²) in [6, 6.07) is 0.410. The van der Waals surface area contributed by atoms with Gasteiger partial charge in [0.2, 0.25) is 5.03 Å². The fourth-order valence-electron chi connectivity index (χ4n) is 2.53. The van der Waals surface area contributed by atoms with Crippen molar-refractivity contribution in [3.63, 3.8) is 0 Å². The maximum atomic E-state index is 12.7. The summed E-state index contributed by atoms with van der Waals surface area (Å²) in [7, 11) is -1.97. The average Bonchev–Trinajstić information content (AvgIpc) is 2.76. The molecule has 0 bridgehead atoms. The molecule has 9 heteroatoms. The number of nitrogens with zero attached hydrogens (tertiary/aromatic N) is 4. The first-order valence-corrected chi connectivity index (χ1v) is 9.34. The summed E-state index contributed by atoms with van der Waals surface area (Å²) >= 11 is 3.17. The van der Waals surface area contributed by atoms with Crippen molar-refractivity contribution in [3.05, 3.63) is 4.60 Å². The van der Waals surface area contributed by atoms with Crippen molar-refractivity contribution < 1.29 is 8.42 Å². The summed E-state index contributed by atoms with van der Waals surface area (Å²) in [6.07, 6.45) is 1.93. The molecule has 2 rings (SSSR count). The van der Waals surface area contributed by atoms with E-state index in [-0.39, 0.29) is 9.63 Å². The number of piperidine rings is 1. The number of hydrogen-bond donors (Lipinski definition) is 1. The van der Waals surface area contributed by atoms with Crippen LogP contribution in [0, 0.1) is 5.92 Å². The molecule has 0 aromatic carbocycles. The minimum Gasteiger partial charge on any atom is -0.314 e. The molecule has 21 heavy (non-hydrogen) atoms. The number of sulfonamides is 1. The Hall–Kier alpha value is -0.510. The summed E-state index contributed by atoms with van der Waals surface area (Å²) in [5.74, 6) is 0.343. The average molecular weight is 380 g/mol. The first-order valence-electron chi connectivity index (χ1n) is 7.11. The second-order valence-electron chi connectivity index (χ2n) is 5.74. The molecule has 2 heterocycles. The molecule has 1 saturated heterocycles. The van der Waals surface area contributed by atoms with E-state index in [0.717, 1.165) is 19.4 Å². The molecule has 1 unspecified atom stereocenters. The Balaban J connectivity index is 2.13. The second-order valence-corrected chi connectivity index (χ2v) is 8.35. The molecule has 1 atom stereocenters. The fraction of sp³-hybridized carbons (Fsp3) is 0.833. The minimum atomic E-state index is -3.55. The molecule has 1 aliphatic rings. The van der Waals surface area contributed by atoms with Crippen LogP contribution in [-0.4, -0.2) is 53.4 Å². The first kappa shape index (κ1) is 16.9. The van der Waals surface area contributed by atoms with Crippen LogP contribution in [0.4, 0.5) is 0 Å². The Morgan fingerprint density at radius 3 is 2.76 bits per heavy atom. The molecule has 120 valence electrons. The zero-order chi connectivity index (χ0) is 15.6. The van der Waals surface area contributed by atoms with Crippen LogP contribution in [0.15, 0.2) is 9.63 Å². The first-order chi connectivity index (χ1) is 9.82. The number of aromatic nitrogens is 3. The Labute approximate surface area is 134 Å². The van der Waals surface area contributed by atoms with Crippen molar-refractivity contribution in [2.45, 2.75) is 37.8 Å². The van der Waals surface area contributed by atoms with Crippen LogP contribution in [0.5, 0.6) is 0 Å². The second kappa shape index (κ2) is 6.72. The summed E-state index contributed by atoms with van der Waals surface area (Å²) in [5.41, 5.74) is 0. The Morgan fingerprint density at radius 2 is 2.19 bits per heavy atom. The molecule has 1 fully saturated rings. The molecule has 1 aromatic heterocycles. The van der Waals surface area contributed by atoms with Gasteiger partial charge in [0.15, 0.2) is 4.60 Å². The van der Waals surface area contributed by atoms with Crippen molar-refractivity contribution in [3.8, 4) is 0 Å². The summed E-state index contributed by atoms with van der Waals surface area (Å²) in [6.45, 7) is 6.12. The molecular formula is C12H22BrN5O2S. The number of nitrogens with one attached hydrogen (secondary N) is 1. The molecular weight excluding hydrogens is 358 g/mol. The van der Waals surface area contributed by atoms with Crippen LogP contribution in [0.1, 0.15) is 26.7 Å². The van der Waals surface area contributed by atoms with Gasteiger partial charge in [-0.25, -0.2) is 13.1 Å². The van der Waals surface area contributed by atoms with Crippen LogP contribution in [0.25, 0.3) is 0 Å². The van der Waals surface area contributed by atoms with E-state index in [1.54, 1.807) is 11.4 Å². The molecule has 0 saturated carbocycles. The van der Waals surface area contributed by atoms with Crippen LogP contribution >= 0.6 is 15.9 Å². The molecule has 1 N–H and O–H groups in total. The lowest BCUT2D eigenvalue weighted by Gasteiger charge is -2.32. The van der Waals surface area contributed by atoms with E-state index < -0.39 is 10.0 Å². The van der Waals surface area contributed by atoms with E-state index in [4.69, 9.17) is 0 Å². The predicted octanol–water partition coefficient (Wildman–Crippen LogP) is 0.976. The quantitative estimate of drug-likeness (QED) is 0.824. The third-order valence-corrected chi connectivity index (χ3v) is 6.37. The van der Waals surface area contributed by atoms with Crippen molar-refractivity contribution in [1.82, 2.24) is 24.6 Å². The molecule has 1 aromatic rings. The number of rotatable bonds is 5. The molecule has 0 aliphatic carbocycles. The fourth-order valence-corrected chi connectivity index (χ4v) is 5.12. The summed E-state index contributed by atoms with van der Waals surface area (Å²) < 4.78 is 28.6. The smallest absolute Gasteiger partial charge is 0.263 e.